The minimum absolute atomic E-state index is 0.280. The third kappa shape index (κ3) is 4.77. The van der Waals surface area contributed by atoms with Gasteiger partial charge in [-0.3, -0.25) is 0 Å². The predicted molar refractivity (Wildman–Crippen MR) is 84.6 cm³/mol. The molecule has 1 aromatic heterocycles. The van der Waals surface area contributed by atoms with Gasteiger partial charge in [0.1, 0.15) is 6.04 Å². The molecule has 0 saturated carbocycles. The van der Waals surface area contributed by atoms with Gasteiger partial charge in [0.05, 0.1) is 0 Å². The van der Waals surface area contributed by atoms with Crippen molar-refractivity contribution in [3.63, 3.8) is 0 Å². The summed E-state index contributed by atoms with van der Waals surface area (Å²) in [7, 11) is 0. The second kappa shape index (κ2) is 7.88. The number of hydrogen-bond donors (Lipinski definition) is 3. The monoisotopic (exact) mass is 314 g/mol. The molecule has 7 nitrogen and oxygen atoms in total. The topological polar surface area (TPSA) is 104 Å². The molecular weight excluding hydrogens is 296 g/mol. The summed E-state index contributed by atoms with van der Waals surface area (Å²) in [5.74, 6) is -0.443. The fraction of sp³-hybridized carbons (Fsp3) is 0.250. The summed E-state index contributed by atoms with van der Waals surface area (Å²) < 4.78 is 0. The molecule has 1 unspecified atom stereocenters. The van der Waals surface area contributed by atoms with Gasteiger partial charge in [0, 0.05) is 24.5 Å². The first-order valence-corrected chi connectivity index (χ1v) is 7.23. The van der Waals surface area contributed by atoms with Crippen molar-refractivity contribution in [1.82, 2.24) is 20.6 Å². The number of benzene rings is 1. The molecule has 0 aliphatic carbocycles. The van der Waals surface area contributed by atoms with Crippen LogP contribution >= 0.6 is 0 Å². The Morgan fingerprint density at radius 1 is 1.22 bits per heavy atom. The van der Waals surface area contributed by atoms with E-state index < -0.39 is 18.0 Å². The maximum atomic E-state index is 11.7. The Kier molecular flexibility index (Phi) is 5.62. The van der Waals surface area contributed by atoms with Crippen LogP contribution in [0.3, 0.4) is 0 Å². The molecule has 2 aromatic rings. The van der Waals surface area contributed by atoms with Crippen LogP contribution in [-0.2, 0) is 11.3 Å². The van der Waals surface area contributed by atoms with Crippen LogP contribution < -0.4 is 10.6 Å². The van der Waals surface area contributed by atoms with Crippen LogP contribution in [0.2, 0.25) is 0 Å². The number of nitrogens with one attached hydrogen (secondary N) is 2. The van der Waals surface area contributed by atoms with Crippen LogP contribution in [0.1, 0.15) is 18.9 Å². The highest BCUT2D eigenvalue weighted by Crippen LogP contribution is 2.15. The molecule has 1 aromatic carbocycles. The van der Waals surface area contributed by atoms with Crippen molar-refractivity contribution in [3.05, 3.63) is 48.3 Å². The van der Waals surface area contributed by atoms with E-state index in [-0.39, 0.29) is 6.54 Å². The lowest BCUT2D eigenvalue weighted by atomic mass is 10.1. The number of aliphatic carboxylic acids is 1. The number of carboxylic acid groups (broad SMARTS) is 1. The number of aromatic nitrogens is 2. The summed E-state index contributed by atoms with van der Waals surface area (Å²) in [6, 6.07) is 7.82. The van der Waals surface area contributed by atoms with Crippen LogP contribution in [0.25, 0.3) is 11.4 Å². The van der Waals surface area contributed by atoms with Gasteiger partial charge in [-0.25, -0.2) is 19.6 Å². The Morgan fingerprint density at radius 2 is 1.96 bits per heavy atom. The third-order valence-electron chi connectivity index (χ3n) is 3.22. The second-order valence-electron chi connectivity index (χ2n) is 4.90. The predicted octanol–water partition coefficient (Wildman–Crippen LogP) is 1.81. The minimum atomic E-state index is -1.05. The highest BCUT2D eigenvalue weighted by Gasteiger charge is 2.17. The van der Waals surface area contributed by atoms with Crippen molar-refractivity contribution in [2.75, 3.05) is 0 Å². The average Bonchev–Trinajstić information content (AvgIpc) is 2.58. The molecule has 0 aliphatic rings. The zero-order chi connectivity index (χ0) is 16.7. The lowest BCUT2D eigenvalue weighted by molar-refractivity contribution is -0.139. The van der Waals surface area contributed by atoms with Crippen LogP contribution in [0.4, 0.5) is 4.79 Å². The van der Waals surface area contributed by atoms with Crippen molar-refractivity contribution in [2.24, 2.45) is 0 Å². The molecule has 0 aliphatic heterocycles. The first-order chi connectivity index (χ1) is 11.1. The summed E-state index contributed by atoms with van der Waals surface area (Å²) in [4.78, 5) is 31.0. The van der Waals surface area contributed by atoms with E-state index in [0.29, 0.717) is 12.2 Å². The quantitative estimate of drug-likeness (QED) is 0.754. The molecule has 0 radical (unpaired) electrons. The first-order valence-electron chi connectivity index (χ1n) is 7.23. The molecule has 1 atom stereocenters. The summed E-state index contributed by atoms with van der Waals surface area (Å²) in [6.45, 7) is 1.98. The Hall–Kier alpha value is -2.96. The Labute approximate surface area is 133 Å². The smallest absolute Gasteiger partial charge is 0.326 e. The van der Waals surface area contributed by atoms with E-state index in [9.17, 15) is 9.59 Å². The number of hydrogen-bond acceptors (Lipinski definition) is 4. The maximum absolute atomic E-state index is 11.7. The van der Waals surface area contributed by atoms with Gasteiger partial charge >= 0.3 is 12.0 Å². The van der Waals surface area contributed by atoms with E-state index in [0.717, 1.165) is 11.1 Å². The fourth-order valence-electron chi connectivity index (χ4n) is 2.00. The van der Waals surface area contributed by atoms with Gasteiger partial charge in [0.2, 0.25) is 0 Å². The van der Waals surface area contributed by atoms with Gasteiger partial charge in [-0.05, 0) is 24.1 Å². The Morgan fingerprint density at radius 3 is 2.61 bits per heavy atom. The van der Waals surface area contributed by atoms with Gasteiger partial charge in [-0.1, -0.05) is 25.1 Å². The molecule has 2 amide bonds. The fourth-order valence-corrected chi connectivity index (χ4v) is 2.00. The van der Waals surface area contributed by atoms with Crippen molar-refractivity contribution in [3.8, 4) is 11.4 Å². The molecule has 2 rings (SSSR count). The molecule has 0 spiro atoms. The van der Waals surface area contributed by atoms with Crippen LogP contribution in [-0.4, -0.2) is 33.1 Å². The zero-order valence-electron chi connectivity index (χ0n) is 12.7. The molecule has 23 heavy (non-hydrogen) atoms. The van der Waals surface area contributed by atoms with Crippen LogP contribution in [0, 0.1) is 0 Å². The van der Waals surface area contributed by atoms with E-state index in [4.69, 9.17) is 5.11 Å². The van der Waals surface area contributed by atoms with Crippen molar-refractivity contribution in [2.45, 2.75) is 25.9 Å². The number of rotatable bonds is 6. The SMILES string of the molecule is CCC(NC(=O)NCc1cccc(-c2ncccn2)c1)C(=O)O. The number of urea groups is 1. The number of carbonyl (C=O) groups excluding carboxylic acids is 1. The highest BCUT2D eigenvalue weighted by molar-refractivity contribution is 5.82. The highest BCUT2D eigenvalue weighted by atomic mass is 16.4. The van der Waals surface area contributed by atoms with E-state index >= 15 is 0 Å². The summed E-state index contributed by atoms with van der Waals surface area (Å²) in [5, 5.41) is 14.0. The van der Waals surface area contributed by atoms with Crippen molar-refractivity contribution in [1.29, 1.82) is 0 Å². The van der Waals surface area contributed by atoms with Gasteiger partial charge in [-0.15, -0.1) is 0 Å². The largest absolute Gasteiger partial charge is 0.480 e. The first kappa shape index (κ1) is 16.4. The molecule has 0 saturated heterocycles. The Bertz CT molecular complexity index is 676. The van der Waals surface area contributed by atoms with Crippen molar-refractivity contribution < 1.29 is 14.7 Å². The molecule has 7 heteroatoms. The minimum Gasteiger partial charge on any atom is -0.480 e. The number of nitrogens with zero attached hydrogens (tertiary/aromatic N) is 2. The standard InChI is InChI=1S/C16H18N4O3/c1-2-13(15(21)22)20-16(23)19-10-11-5-3-6-12(9-11)14-17-7-4-8-18-14/h3-9,13H,2,10H2,1H3,(H,21,22)(H2,19,20,23). The lowest BCUT2D eigenvalue weighted by Gasteiger charge is -2.13. The second-order valence-corrected chi connectivity index (χ2v) is 4.90. The summed E-state index contributed by atoms with van der Waals surface area (Å²) >= 11 is 0. The molecule has 0 fully saturated rings. The normalized spacial score (nSPS) is 11.5. The maximum Gasteiger partial charge on any atom is 0.326 e. The molecule has 120 valence electrons. The van der Waals surface area contributed by atoms with Gasteiger partial charge < -0.3 is 15.7 Å². The molecule has 3 N–H and O–H groups in total. The van der Waals surface area contributed by atoms with E-state index in [1.807, 2.05) is 24.3 Å². The van der Waals surface area contributed by atoms with Crippen molar-refractivity contribution >= 4 is 12.0 Å². The van der Waals surface area contributed by atoms with E-state index in [2.05, 4.69) is 20.6 Å². The number of carboxylic acids is 1. The zero-order valence-corrected chi connectivity index (χ0v) is 12.7. The molecule has 0 bridgehead atoms. The lowest BCUT2D eigenvalue weighted by Crippen LogP contribution is -2.45. The summed E-state index contributed by atoms with van der Waals surface area (Å²) in [6.07, 6.45) is 3.65. The van der Waals surface area contributed by atoms with Crippen LogP contribution in [0.5, 0.6) is 0 Å². The molecular formula is C16H18N4O3. The van der Waals surface area contributed by atoms with E-state index in [1.54, 1.807) is 25.4 Å². The van der Waals surface area contributed by atoms with E-state index in [1.165, 1.54) is 0 Å². The Balaban J connectivity index is 1.96. The van der Waals surface area contributed by atoms with Crippen LogP contribution in [0.15, 0.2) is 42.7 Å². The van der Waals surface area contributed by atoms with Gasteiger partial charge in [0.25, 0.3) is 0 Å². The third-order valence-corrected chi connectivity index (χ3v) is 3.22. The summed E-state index contributed by atoms with van der Waals surface area (Å²) in [5.41, 5.74) is 1.72. The number of amides is 2. The number of carbonyl (C=O) groups is 2. The average molecular weight is 314 g/mol. The van der Waals surface area contributed by atoms with Gasteiger partial charge in [0.15, 0.2) is 5.82 Å². The van der Waals surface area contributed by atoms with Gasteiger partial charge in [-0.2, -0.15) is 0 Å². The molecule has 1 heterocycles.